The van der Waals surface area contributed by atoms with Gasteiger partial charge in [-0.3, -0.25) is 4.79 Å². The van der Waals surface area contributed by atoms with Crippen molar-refractivity contribution in [2.45, 2.75) is 13.5 Å². The van der Waals surface area contributed by atoms with Gasteiger partial charge < -0.3 is 19.0 Å². The lowest BCUT2D eigenvalue weighted by atomic mass is 10.2. The number of rotatable bonds is 4. The topological polar surface area (TPSA) is 73.5 Å². The molecule has 6 nitrogen and oxygen atoms in total. The van der Waals surface area contributed by atoms with Crippen molar-refractivity contribution in [1.29, 1.82) is 0 Å². The summed E-state index contributed by atoms with van der Waals surface area (Å²) in [5.41, 5.74) is 1.70. The van der Waals surface area contributed by atoms with E-state index in [9.17, 15) is 9.59 Å². The summed E-state index contributed by atoms with van der Waals surface area (Å²) in [5, 5.41) is 4.05. The van der Waals surface area contributed by atoms with Gasteiger partial charge in [-0.05, 0) is 37.3 Å². The lowest BCUT2D eigenvalue weighted by Gasteiger charge is -2.12. The van der Waals surface area contributed by atoms with Gasteiger partial charge in [0.2, 0.25) is 0 Å². The zero-order valence-corrected chi connectivity index (χ0v) is 15.0. The molecule has 27 heavy (non-hydrogen) atoms. The van der Waals surface area contributed by atoms with E-state index in [0.29, 0.717) is 40.2 Å². The van der Waals surface area contributed by atoms with Gasteiger partial charge in [0.05, 0.1) is 23.7 Å². The molecule has 0 aliphatic heterocycles. The number of methoxy groups -OCH3 is 1. The number of aryl methyl sites for hydroxylation is 1. The Hall–Kier alpha value is -3.54. The van der Waals surface area contributed by atoms with E-state index in [1.54, 1.807) is 31.4 Å². The highest BCUT2D eigenvalue weighted by Gasteiger charge is 2.20. The summed E-state index contributed by atoms with van der Waals surface area (Å²) in [4.78, 5) is 25.4. The van der Waals surface area contributed by atoms with Crippen LogP contribution in [0.2, 0.25) is 0 Å². The fourth-order valence-electron chi connectivity index (χ4n) is 3.35. The number of para-hydroxylation sites is 3. The summed E-state index contributed by atoms with van der Waals surface area (Å²) in [6.45, 7) is 2.47. The second kappa shape index (κ2) is 6.64. The van der Waals surface area contributed by atoms with Crippen molar-refractivity contribution < 1.29 is 13.9 Å². The normalized spacial score (nSPS) is 11.0. The van der Waals surface area contributed by atoms with Crippen LogP contribution in [-0.2, 0) is 6.54 Å². The molecule has 136 valence electrons. The molecular formula is C21H18N2O4. The molecule has 2 aromatic heterocycles. The smallest absolute Gasteiger partial charge is 0.345 e. The summed E-state index contributed by atoms with van der Waals surface area (Å²) in [6.07, 6.45) is 0. The van der Waals surface area contributed by atoms with Crippen molar-refractivity contribution >= 4 is 33.5 Å². The van der Waals surface area contributed by atoms with Gasteiger partial charge in [-0.1, -0.05) is 24.3 Å². The van der Waals surface area contributed by atoms with Gasteiger partial charge in [-0.2, -0.15) is 0 Å². The minimum atomic E-state index is -0.456. The minimum Gasteiger partial charge on any atom is -0.495 e. The van der Waals surface area contributed by atoms with Crippen molar-refractivity contribution in [3.8, 4) is 5.75 Å². The van der Waals surface area contributed by atoms with Crippen LogP contribution in [0, 0.1) is 0 Å². The Morgan fingerprint density at radius 2 is 1.85 bits per heavy atom. The summed E-state index contributed by atoms with van der Waals surface area (Å²) in [5.74, 6) is 0.246. The Balaban J connectivity index is 1.89. The van der Waals surface area contributed by atoms with Crippen molar-refractivity contribution in [1.82, 2.24) is 4.57 Å². The second-order valence-corrected chi connectivity index (χ2v) is 6.08. The van der Waals surface area contributed by atoms with Crippen LogP contribution >= 0.6 is 0 Å². The molecule has 1 amide bonds. The zero-order chi connectivity index (χ0) is 19.0. The van der Waals surface area contributed by atoms with Crippen LogP contribution in [0.1, 0.15) is 17.4 Å². The maximum atomic E-state index is 13.0. The third kappa shape index (κ3) is 2.75. The van der Waals surface area contributed by atoms with Crippen LogP contribution < -0.4 is 15.7 Å². The fourth-order valence-corrected chi connectivity index (χ4v) is 3.35. The third-order valence-corrected chi connectivity index (χ3v) is 4.57. The molecule has 0 bridgehead atoms. The number of aromatic nitrogens is 1. The van der Waals surface area contributed by atoms with Crippen LogP contribution in [0.4, 0.5) is 5.69 Å². The van der Waals surface area contributed by atoms with Gasteiger partial charge in [-0.25, -0.2) is 4.79 Å². The Bertz CT molecular complexity index is 1220. The molecule has 0 fully saturated rings. The number of anilines is 1. The molecule has 0 radical (unpaired) electrons. The van der Waals surface area contributed by atoms with E-state index in [-0.39, 0.29) is 5.91 Å². The van der Waals surface area contributed by atoms with E-state index in [1.165, 1.54) is 0 Å². The molecule has 0 atom stereocenters. The first-order chi connectivity index (χ1) is 13.1. The van der Waals surface area contributed by atoms with Gasteiger partial charge in [0, 0.05) is 11.9 Å². The SMILES string of the molecule is CCn1c(C(=O)Nc2ccccc2OC)cc2c(=O)oc3ccccc3c21. The number of hydrogen-bond donors (Lipinski definition) is 1. The second-order valence-electron chi connectivity index (χ2n) is 6.08. The molecule has 4 aromatic rings. The van der Waals surface area contributed by atoms with Gasteiger partial charge in [-0.15, -0.1) is 0 Å². The van der Waals surface area contributed by atoms with Crippen LogP contribution in [0.5, 0.6) is 5.75 Å². The van der Waals surface area contributed by atoms with Crippen LogP contribution in [0.25, 0.3) is 21.9 Å². The first-order valence-electron chi connectivity index (χ1n) is 8.63. The number of amides is 1. The molecule has 0 saturated carbocycles. The Morgan fingerprint density at radius 3 is 2.63 bits per heavy atom. The van der Waals surface area contributed by atoms with Crippen LogP contribution in [0.15, 0.2) is 63.8 Å². The third-order valence-electron chi connectivity index (χ3n) is 4.57. The van der Waals surface area contributed by atoms with Gasteiger partial charge >= 0.3 is 5.63 Å². The van der Waals surface area contributed by atoms with Gasteiger partial charge in [0.15, 0.2) is 0 Å². The monoisotopic (exact) mass is 362 g/mol. The van der Waals surface area contributed by atoms with Crippen molar-refractivity contribution in [3.05, 3.63) is 70.7 Å². The average molecular weight is 362 g/mol. The van der Waals surface area contributed by atoms with Crippen molar-refractivity contribution in [2.24, 2.45) is 0 Å². The molecule has 0 aliphatic rings. The van der Waals surface area contributed by atoms with Crippen molar-refractivity contribution in [2.75, 3.05) is 12.4 Å². The Kier molecular flexibility index (Phi) is 4.16. The van der Waals surface area contributed by atoms with Crippen molar-refractivity contribution in [3.63, 3.8) is 0 Å². The molecule has 6 heteroatoms. The largest absolute Gasteiger partial charge is 0.495 e. The standard InChI is InChI=1S/C21H18N2O4/c1-3-23-16(20(24)22-15-9-5-7-11-18(15)26-2)12-14-19(23)13-8-4-6-10-17(13)27-21(14)25/h4-12H,3H2,1-2H3,(H,22,24). The van der Waals surface area contributed by atoms with E-state index in [0.717, 1.165) is 5.39 Å². The maximum Gasteiger partial charge on any atom is 0.345 e. The lowest BCUT2D eigenvalue weighted by Crippen LogP contribution is -2.17. The highest BCUT2D eigenvalue weighted by molar-refractivity contribution is 6.10. The number of hydrogen-bond acceptors (Lipinski definition) is 4. The number of fused-ring (bicyclic) bond motifs is 3. The molecule has 0 unspecified atom stereocenters. The molecule has 2 heterocycles. The highest BCUT2D eigenvalue weighted by Crippen LogP contribution is 2.28. The number of ether oxygens (including phenoxy) is 1. The van der Waals surface area contributed by atoms with Crippen LogP contribution in [0.3, 0.4) is 0 Å². The van der Waals surface area contributed by atoms with Gasteiger partial charge in [0.1, 0.15) is 17.0 Å². The summed E-state index contributed by atoms with van der Waals surface area (Å²) >= 11 is 0. The quantitative estimate of drug-likeness (QED) is 0.556. The maximum absolute atomic E-state index is 13.0. The molecule has 0 spiro atoms. The average Bonchev–Trinajstić information content (AvgIpc) is 3.09. The molecule has 0 saturated heterocycles. The number of carbonyl (C=O) groups is 1. The van der Waals surface area contributed by atoms with Crippen LogP contribution in [-0.4, -0.2) is 17.6 Å². The molecule has 4 rings (SSSR count). The summed E-state index contributed by atoms with van der Waals surface area (Å²) < 4.78 is 12.5. The predicted octanol–water partition coefficient (Wildman–Crippen LogP) is 4.03. The Labute approximate surface area is 155 Å². The minimum absolute atomic E-state index is 0.318. The van der Waals surface area contributed by atoms with E-state index in [2.05, 4.69) is 5.32 Å². The molecular weight excluding hydrogens is 344 g/mol. The molecule has 2 aromatic carbocycles. The molecule has 0 aliphatic carbocycles. The number of nitrogens with one attached hydrogen (secondary N) is 1. The fraction of sp³-hybridized carbons (Fsp3) is 0.143. The number of nitrogens with zero attached hydrogens (tertiary/aromatic N) is 1. The summed E-state index contributed by atoms with van der Waals surface area (Å²) in [6, 6.07) is 16.1. The lowest BCUT2D eigenvalue weighted by molar-refractivity contribution is 0.101. The number of carbonyl (C=O) groups excluding carboxylic acids is 1. The number of benzene rings is 2. The van der Waals surface area contributed by atoms with Gasteiger partial charge in [0.25, 0.3) is 5.91 Å². The van der Waals surface area contributed by atoms with E-state index in [4.69, 9.17) is 9.15 Å². The Morgan fingerprint density at radius 1 is 1.11 bits per heavy atom. The van der Waals surface area contributed by atoms with E-state index in [1.807, 2.05) is 41.8 Å². The van der Waals surface area contributed by atoms with E-state index < -0.39 is 5.63 Å². The molecule has 1 N–H and O–H groups in total. The first-order valence-corrected chi connectivity index (χ1v) is 8.63. The van der Waals surface area contributed by atoms with E-state index >= 15 is 0 Å². The zero-order valence-electron chi connectivity index (χ0n) is 15.0. The first kappa shape index (κ1) is 16.9. The highest BCUT2D eigenvalue weighted by atomic mass is 16.5. The predicted molar refractivity (Wildman–Crippen MR) is 105 cm³/mol. The summed E-state index contributed by atoms with van der Waals surface area (Å²) in [7, 11) is 1.55.